The van der Waals surface area contributed by atoms with E-state index in [1.807, 2.05) is 12.3 Å². The minimum absolute atomic E-state index is 0.00925. The average Bonchev–Trinajstić information content (AvgIpc) is 3.28. The number of rotatable bonds is 3. The maximum Gasteiger partial charge on any atom is 0.271 e. The lowest BCUT2D eigenvalue weighted by Crippen LogP contribution is -2.25. The van der Waals surface area contributed by atoms with E-state index < -0.39 is 5.91 Å². The van der Waals surface area contributed by atoms with Gasteiger partial charge in [-0.1, -0.05) is 6.07 Å². The van der Waals surface area contributed by atoms with E-state index >= 15 is 0 Å². The summed E-state index contributed by atoms with van der Waals surface area (Å²) in [5.74, 6) is -0.509. The molecular formula is C19H16N4O2S2. The Morgan fingerprint density at radius 3 is 2.70 bits per heavy atom. The van der Waals surface area contributed by atoms with Crippen LogP contribution in [0.5, 0.6) is 0 Å². The van der Waals surface area contributed by atoms with E-state index in [0.29, 0.717) is 10.1 Å². The van der Waals surface area contributed by atoms with Gasteiger partial charge in [0.05, 0.1) is 5.69 Å². The van der Waals surface area contributed by atoms with Gasteiger partial charge in [0.25, 0.3) is 11.5 Å². The fourth-order valence-corrected chi connectivity index (χ4v) is 4.22. The number of benzene rings is 1. The fraction of sp³-hybridized carbons (Fsp3) is 0.158. The van der Waals surface area contributed by atoms with Gasteiger partial charge < -0.3 is 0 Å². The number of aryl methyl sites for hydroxylation is 3. The van der Waals surface area contributed by atoms with Crippen molar-refractivity contribution in [1.29, 1.82) is 0 Å². The first-order chi connectivity index (χ1) is 12.9. The highest BCUT2D eigenvalue weighted by Gasteiger charge is 2.16. The third-order valence-corrected chi connectivity index (χ3v) is 5.96. The first-order valence-electron chi connectivity index (χ1n) is 8.24. The number of hydrogen-bond acceptors (Lipinski definition) is 6. The lowest BCUT2D eigenvalue weighted by Gasteiger charge is -2.07. The predicted molar refractivity (Wildman–Crippen MR) is 109 cm³/mol. The van der Waals surface area contributed by atoms with E-state index in [2.05, 4.69) is 41.3 Å². The van der Waals surface area contributed by atoms with Crippen molar-refractivity contribution in [2.45, 2.75) is 20.8 Å². The summed E-state index contributed by atoms with van der Waals surface area (Å²) in [5.41, 5.74) is 5.00. The van der Waals surface area contributed by atoms with Crippen molar-refractivity contribution < 1.29 is 4.79 Å². The Labute approximate surface area is 163 Å². The minimum atomic E-state index is -0.509. The molecule has 4 aromatic rings. The molecule has 0 radical (unpaired) electrons. The number of thiazole rings is 2. The molecule has 0 atom stereocenters. The molecule has 0 aliphatic heterocycles. The summed E-state index contributed by atoms with van der Waals surface area (Å²) in [6.07, 6.45) is 2.92. The highest BCUT2D eigenvalue weighted by atomic mass is 32.1. The van der Waals surface area contributed by atoms with E-state index in [0.717, 1.165) is 16.8 Å². The van der Waals surface area contributed by atoms with E-state index in [1.54, 1.807) is 11.6 Å². The number of hydrogen-bond donors (Lipinski definition) is 1. The summed E-state index contributed by atoms with van der Waals surface area (Å²) >= 11 is 2.67. The van der Waals surface area contributed by atoms with E-state index in [4.69, 9.17) is 0 Å². The average molecular weight is 396 g/mol. The van der Waals surface area contributed by atoms with Crippen molar-refractivity contribution in [3.8, 4) is 11.3 Å². The summed E-state index contributed by atoms with van der Waals surface area (Å²) in [7, 11) is 0. The van der Waals surface area contributed by atoms with Gasteiger partial charge in [-0.15, -0.1) is 22.7 Å². The van der Waals surface area contributed by atoms with Crippen molar-refractivity contribution in [3.63, 3.8) is 0 Å². The number of anilines is 1. The topological polar surface area (TPSA) is 76.4 Å². The number of amides is 1. The molecule has 3 heterocycles. The highest BCUT2D eigenvalue weighted by molar-refractivity contribution is 7.15. The van der Waals surface area contributed by atoms with Gasteiger partial charge in [0.2, 0.25) is 0 Å². The molecule has 0 bridgehead atoms. The monoisotopic (exact) mass is 396 g/mol. The molecule has 0 aliphatic rings. The Hall–Kier alpha value is -2.84. The second-order valence-electron chi connectivity index (χ2n) is 6.28. The Morgan fingerprint density at radius 2 is 1.89 bits per heavy atom. The quantitative estimate of drug-likeness (QED) is 0.567. The van der Waals surface area contributed by atoms with Crippen molar-refractivity contribution in [3.05, 3.63) is 67.9 Å². The van der Waals surface area contributed by atoms with Crippen LogP contribution in [0.25, 0.3) is 16.2 Å². The van der Waals surface area contributed by atoms with Crippen LogP contribution in [0.3, 0.4) is 0 Å². The zero-order valence-corrected chi connectivity index (χ0v) is 16.6. The number of aromatic nitrogens is 3. The Morgan fingerprint density at radius 1 is 1.11 bits per heavy atom. The summed E-state index contributed by atoms with van der Waals surface area (Å²) in [4.78, 5) is 34.2. The van der Waals surface area contributed by atoms with Gasteiger partial charge in [-0.05, 0) is 43.5 Å². The molecule has 1 N–H and O–H groups in total. The molecule has 3 aromatic heterocycles. The van der Waals surface area contributed by atoms with Crippen molar-refractivity contribution in [1.82, 2.24) is 14.4 Å². The third kappa shape index (κ3) is 3.17. The normalized spacial score (nSPS) is 11.1. The number of carbonyl (C=O) groups excluding carboxylic acids is 1. The van der Waals surface area contributed by atoms with Crippen LogP contribution in [0.2, 0.25) is 0 Å². The third-order valence-electron chi connectivity index (χ3n) is 4.43. The van der Waals surface area contributed by atoms with Crippen molar-refractivity contribution >= 4 is 38.7 Å². The first kappa shape index (κ1) is 17.6. The van der Waals surface area contributed by atoms with Crippen LogP contribution in [0.1, 0.15) is 27.0 Å². The molecule has 4 rings (SSSR count). The van der Waals surface area contributed by atoms with Gasteiger partial charge >= 0.3 is 0 Å². The number of fused-ring (bicyclic) bond motifs is 1. The zero-order valence-electron chi connectivity index (χ0n) is 14.9. The van der Waals surface area contributed by atoms with Gasteiger partial charge in [-0.25, -0.2) is 9.97 Å². The zero-order chi connectivity index (χ0) is 19.1. The van der Waals surface area contributed by atoms with Crippen molar-refractivity contribution in [2.75, 3.05) is 5.32 Å². The van der Waals surface area contributed by atoms with Crippen LogP contribution in [0.15, 0.2) is 40.1 Å². The molecule has 27 heavy (non-hydrogen) atoms. The molecule has 0 saturated heterocycles. The van der Waals surface area contributed by atoms with Gasteiger partial charge in [-0.3, -0.25) is 19.3 Å². The lowest BCUT2D eigenvalue weighted by molar-refractivity contribution is 0.102. The van der Waals surface area contributed by atoms with E-state index in [1.165, 1.54) is 44.4 Å². The second kappa shape index (κ2) is 6.71. The molecule has 136 valence electrons. The molecule has 6 nitrogen and oxygen atoms in total. The van der Waals surface area contributed by atoms with E-state index in [9.17, 15) is 9.59 Å². The van der Waals surface area contributed by atoms with E-state index in [-0.39, 0.29) is 11.1 Å². The Bertz CT molecular complexity index is 1240. The lowest BCUT2D eigenvalue weighted by atomic mass is 9.99. The van der Waals surface area contributed by atoms with Crippen molar-refractivity contribution in [2.24, 2.45) is 0 Å². The van der Waals surface area contributed by atoms with Gasteiger partial charge in [0.15, 0.2) is 10.1 Å². The predicted octanol–water partition coefficient (Wildman–Crippen LogP) is 4.06. The molecule has 1 amide bonds. The summed E-state index contributed by atoms with van der Waals surface area (Å²) in [6, 6.07) is 4.23. The number of nitrogens with one attached hydrogen (secondary N) is 1. The molecular weight excluding hydrogens is 380 g/mol. The molecule has 0 unspecified atom stereocenters. The molecule has 0 saturated carbocycles. The minimum Gasteiger partial charge on any atom is -0.298 e. The molecule has 0 aliphatic carbocycles. The van der Waals surface area contributed by atoms with Crippen LogP contribution in [0, 0.1) is 20.8 Å². The standard InChI is InChI=1S/C19H16N4O2S2/c1-10-6-12(3)13(7-11(10)2)15-9-27-18(21-15)22-16(24)14-8-20-19-23(17(14)25)4-5-26-19/h4-9H,1-3H3,(H,21,22,24). The van der Waals surface area contributed by atoms with Gasteiger partial charge in [-0.2, -0.15) is 0 Å². The number of nitrogens with zero attached hydrogens (tertiary/aromatic N) is 3. The van der Waals surface area contributed by atoms with Gasteiger partial charge in [0, 0.05) is 28.7 Å². The van der Waals surface area contributed by atoms with Crippen LogP contribution >= 0.6 is 22.7 Å². The first-order valence-corrected chi connectivity index (χ1v) is 10.00. The highest BCUT2D eigenvalue weighted by Crippen LogP contribution is 2.29. The Balaban J connectivity index is 1.62. The maximum atomic E-state index is 12.5. The largest absolute Gasteiger partial charge is 0.298 e. The number of carbonyl (C=O) groups is 1. The summed E-state index contributed by atoms with van der Waals surface area (Å²) in [6.45, 7) is 6.19. The molecule has 0 spiro atoms. The van der Waals surface area contributed by atoms with Crippen LogP contribution < -0.4 is 10.9 Å². The maximum absolute atomic E-state index is 12.5. The summed E-state index contributed by atoms with van der Waals surface area (Å²) in [5, 5.41) is 6.81. The van der Waals surface area contributed by atoms with Crippen LogP contribution in [-0.2, 0) is 0 Å². The van der Waals surface area contributed by atoms with Crippen LogP contribution in [-0.4, -0.2) is 20.3 Å². The smallest absolute Gasteiger partial charge is 0.271 e. The Kier molecular flexibility index (Phi) is 4.37. The SMILES string of the molecule is Cc1cc(C)c(-c2csc(NC(=O)c3cnc4sccn4c3=O)n2)cc1C. The fourth-order valence-electron chi connectivity index (χ4n) is 2.84. The second-order valence-corrected chi connectivity index (χ2v) is 8.01. The van der Waals surface area contributed by atoms with Crippen LogP contribution in [0.4, 0.5) is 5.13 Å². The molecule has 1 aromatic carbocycles. The summed E-state index contributed by atoms with van der Waals surface area (Å²) < 4.78 is 1.37. The molecule has 8 heteroatoms. The molecule has 0 fully saturated rings. The van der Waals surface area contributed by atoms with Gasteiger partial charge in [0.1, 0.15) is 5.56 Å².